The molecule has 27 heavy (non-hydrogen) atoms. The highest BCUT2D eigenvalue weighted by Crippen LogP contribution is 2.25. The van der Waals surface area contributed by atoms with Crippen molar-refractivity contribution in [3.05, 3.63) is 29.7 Å². The van der Waals surface area contributed by atoms with Gasteiger partial charge in [-0.05, 0) is 31.7 Å². The fourth-order valence-corrected chi connectivity index (χ4v) is 4.36. The summed E-state index contributed by atoms with van der Waals surface area (Å²) in [6.07, 6.45) is 5.77. The van der Waals surface area contributed by atoms with Gasteiger partial charge in [0, 0.05) is 57.4 Å². The average Bonchev–Trinajstić information content (AvgIpc) is 2.75. The van der Waals surface area contributed by atoms with Crippen LogP contribution < -0.4 is 4.90 Å². The summed E-state index contributed by atoms with van der Waals surface area (Å²) in [5.74, 6) is 1.39. The lowest BCUT2D eigenvalue weighted by molar-refractivity contribution is -0.138. The molecular weight excluding hydrogens is 338 g/mol. The number of rotatable bonds is 5. The predicted octanol–water partition coefficient (Wildman–Crippen LogP) is 3.18. The highest BCUT2D eigenvalue weighted by Gasteiger charge is 2.31. The Kier molecular flexibility index (Phi) is 6.68. The lowest BCUT2D eigenvalue weighted by atomic mass is 9.95. The molecule has 0 radical (unpaired) electrons. The van der Waals surface area contributed by atoms with Crippen LogP contribution >= 0.6 is 0 Å². The van der Waals surface area contributed by atoms with E-state index in [1.165, 1.54) is 12.8 Å². The molecule has 1 aromatic rings. The molecule has 0 atom stereocenters. The number of aromatic nitrogens is 1. The number of amides is 1. The van der Waals surface area contributed by atoms with Crippen LogP contribution in [-0.2, 0) is 4.79 Å². The molecule has 2 aliphatic rings. The summed E-state index contributed by atoms with van der Waals surface area (Å²) in [5.41, 5.74) is 0.566. The minimum atomic E-state index is 0.142. The maximum absolute atomic E-state index is 12.9. The van der Waals surface area contributed by atoms with Crippen molar-refractivity contribution in [3.8, 4) is 0 Å². The van der Waals surface area contributed by atoms with E-state index in [2.05, 4.69) is 38.4 Å². The standard InChI is InChI=1S/C21H31N5O/c1-4-19(5-2)24-12-14-26(15-13-24)21(27)17-8-10-25(11-9-17)20-7-6-18(22-3)16-23-20/h6-7,16-17,19H,4-5,8-15H2,1-2H3. The Morgan fingerprint density at radius 2 is 1.81 bits per heavy atom. The zero-order chi connectivity index (χ0) is 19.2. The molecule has 3 heterocycles. The van der Waals surface area contributed by atoms with E-state index in [0.717, 1.165) is 57.9 Å². The Morgan fingerprint density at radius 3 is 2.33 bits per heavy atom. The first kappa shape index (κ1) is 19.6. The van der Waals surface area contributed by atoms with E-state index in [1.54, 1.807) is 6.20 Å². The SMILES string of the molecule is [C-]#[N+]c1ccc(N2CCC(C(=O)N3CCN(C(CC)CC)CC3)CC2)nc1. The van der Waals surface area contributed by atoms with Crippen LogP contribution in [0.15, 0.2) is 18.3 Å². The zero-order valence-electron chi connectivity index (χ0n) is 16.6. The van der Waals surface area contributed by atoms with Gasteiger partial charge in [-0.2, -0.15) is 0 Å². The van der Waals surface area contributed by atoms with Crippen molar-refractivity contribution in [3.63, 3.8) is 0 Å². The van der Waals surface area contributed by atoms with Gasteiger partial charge < -0.3 is 9.80 Å². The molecule has 1 aromatic heterocycles. The molecule has 2 fully saturated rings. The number of piperazine rings is 1. The van der Waals surface area contributed by atoms with Crippen molar-refractivity contribution in [2.75, 3.05) is 44.2 Å². The van der Waals surface area contributed by atoms with Gasteiger partial charge in [-0.1, -0.05) is 19.9 Å². The van der Waals surface area contributed by atoms with Crippen molar-refractivity contribution in [2.45, 2.75) is 45.6 Å². The molecule has 0 bridgehead atoms. The van der Waals surface area contributed by atoms with Crippen LogP contribution in [0.1, 0.15) is 39.5 Å². The van der Waals surface area contributed by atoms with Crippen LogP contribution in [0.3, 0.4) is 0 Å². The Labute approximate surface area is 163 Å². The van der Waals surface area contributed by atoms with Crippen molar-refractivity contribution in [1.29, 1.82) is 0 Å². The van der Waals surface area contributed by atoms with Gasteiger partial charge in [0.2, 0.25) is 11.6 Å². The molecule has 0 aromatic carbocycles. The first-order valence-electron chi connectivity index (χ1n) is 10.3. The number of hydrogen-bond acceptors (Lipinski definition) is 4. The fourth-order valence-electron chi connectivity index (χ4n) is 4.36. The van der Waals surface area contributed by atoms with Crippen molar-refractivity contribution in [2.24, 2.45) is 5.92 Å². The molecule has 6 heteroatoms. The minimum absolute atomic E-state index is 0.142. The number of carbonyl (C=O) groups is 1. The largest absolute Gasteiger partial charge is 0.357 e. The first-order chi connectivity index (χ1) is 13.2. The topological polar surface area (TPSA) is 44.0 Å². The van der Waals surface area contributed by atoms with E-state index in [1.807, 2.05) is 12.1 Å². The van der Waals surface area contributed by atoms with Gasteiger partial charge >= 0.3 is 0 Å². The number of pyridine rings is 1. The minimum Gasteiger partial charge on any atom is -0.357 e. The molecule has 0 unspecified atom stereocenters. The molecule has 2 aliphatic heterocycles. The second-order valence-electron chi connectivity index (χ2n) is 7.58. The van der Waals surface area contributed by atoms with Crippen LogP contribution in [0.25, 0.3) is 4.85 Å². The molecule has 0 N–H and O–H groups in total. The summed E-state index contributed by atoms with van der Waals surface area (Å²) in [7, 11) is 0. The predicted molar refractivity (Wildman–Crippen MR) is 108 cm³/mol. The molecule has 0 aliphatic carbocycles. The molecule has 3 rings (SSSR count). The third-order valence-corrected chi connectivity index (χ3v) is 6.11. The van der Waals surface area contributed by atoms with Crippen LogP contribution in [0.5, 0.6) is 0 Å². The normalized spacial score (nSPS) is 19.3. The van der Waals surface area contributed by atoms with Gasteiger partial charge in [-0.25, -0.2) is 4.85 Å². The summed E-state index contributed by atoms with van der Waals surface area (Å²) >= 11 is 0. The highest BCUT2D eigenvalue weighted by atomic mass is 16.2. The van der Waals surface area contributed by atoms with Gasteiger partial charge in [0.05, 0.1) is 6.57 Å². The lowest BCUT2D eigenvalue weighted by Gasteiger charge is -2.41. The Bertz CT molecular complexity index is 648. The summed E-state index contributed by atoms with van der Waals surface area (Å²) in [4.78, 5) is 27.6. The van der Waals surface area contributed by atoms with Crippen LogP contribution in [0.2, 0.25) is 0 Å². The molecule has 2 saturated heterocycles. The van der Waals surface area contributed by atoms with Crippen LogP contribution in [-0.4, -0.2) is 66.0 Å². The van der Waals surface area contributed by atoms with Gasteiger partial charge in [-0.15, -0.1) is 0 Å². The quantitative estimate of drug-likeness (QED) is 0.748. The van der Waals surface area contributed by atoms with E-state index in [9.17, 15) is 4.79 Å². The van der Waals surface area contributed by atoms with Gasteiger partial charge in [0.1, 0.15) is 5.82 Å². The summed E-state index contributed by atoms with van der Waals surface area (Å²) in [5, 5.41) is 0. The van der Waals surface area contributed by atoms with E-state index in [4.69, 9.17) is 6.57 Å². The Hall–Kier alpha value is -2.13. The molecule has 0 saturated carbocycles. The number of piperidine rings is 1. The number of anilines is 1. The summed E-state index contributed by atoms with van der Waals surface area (Å²) in [6, 6.07) is 4.38. The molecule has 0 spiro atoms. The average molecular weight is 370 g/mol. The number of nitrogens with zero attached hydrogens (tertiary/aromatic N) is 5. The summed E-state index contributed by atoms with van der Waals surface area (Å²) in [6.45, 7) is 17.0. The monoisotopic (exact) mass is 369 g/mol. The second kappa shape index (κ2) is 9.18. The Morgan fingerprint density at radius 1 is 1.15 bits per heavy atom. The van der Waals surface area contributed by atoms with Crippen LogP contribution in [0, 0.1) is 12.5 Å². The van der Waals surface area contributed by atoms with Crippen LogP contribution in [0.4, 0.5) is 11.5 Å². The van der Waals surface area contributed by atoms with Crippen molar-refractivity contribution < 1.29 is 4.79 Å². The molecule has 146 valence electrons. The first-order valence-corrected chi connectivity index (χ1v) is 10.3. The number of carbonyl (C=O) groups excluding carboxylic acids is 1. The lowest BCUT2D eigenvalue weighted by Crippen LogP contribution is -2.53. The third kappa shape index (κ3) is 4.59. The zero-order valence-corrected chi connectivity index (χ0v) is 16.6. The molecule has 6 nitrogen and oxygen atoms in total. The van der Waals surface area contributed by atoms with E-state index in [0.29, 0.717) is 17.6 Å². The highest BCUT2D eigenvalue weighted by molar-refractivity contribution is 5.79. The maximum atomic E-state index is 12.9. The third-order valence-electron chi connectivity index (χ3n) is 6.11. The van der Waals surface area contributed by atoms with Crippen molar-refractivity contribution >= 4 is 17.4 Å². The van der Waals surface area contributed by atoms with Crippen molar-refractivity contribution in [1.82, 2.24) is 14.8 Å². The molecule has 1 amide bonds. The molecular formula is C21H31N5O. The number of hydrogen-bond donors (Lipinski definition) is 0. The van der Waals surface area contributed by atoms with E-state index >= 15 is 0 Å². The van der Waals surface area contributed by atoms with Gasteiger partial charge in [-0.3, -0.25) is 14.7 Å². The van der Waals surface area contributed by atoms with Gasteiger partial charge in [0.15, 0.2) is 0 Å². The second-order valence-corrected chi connectivity index (χ2v) is 7.58. The van der Waals surface area contributed by atoms with E-state index < -0.39 is 0 Å². The Balaban J connectivity index is 1.48. The van der Waals surface area contributed by atoms with Gasteiger partial charge in [0.25, 0.3) is 0 Å². The maximum Gasteiger partial charge on any atom is 0.225 e. The van der Waals surface area contributed by atoms with E-state index in [-0.39, 0.29) is 5.92 Å². The summed E-state index contributed by atoms with van der Waals surface area (Å²) < 4.78 is 0. The smallest absolute Gasteiger partial charge is 0.225 e. The fraction of sp³-hybridized carbons (Fsp3) is 0.667.